The maximum atomic E-state index is 13.9. The SMILES string of the molecule is O=C(Nc1cc(F)c(F)c(F)c1)c1ccc(Cl)c(S(=O)(=O)C2C3CC[C@H]2CC(O)(/C=N/OCc2ccc(C(F)(F)F)cc2)C3)c1. The van der Waals surface area contributed by atoms with Crippen molar-refractivity contribution in [2.75, 3.05) is 5.32 Å². The highest BCUT2D eigenvalue weighted by Crippen LogP contribution is 2.51. The van der Waals surface area contributed by atoms with E-state index in [-0.39, 0.29) is 40.6 Å². The number of hydrogen-bond donors (Lipinski definition) is 2. The molecule has 0 spiro atoms. The highest BCUT2D eigenvalue weighted by atomic mass is 35.5. The summed E-state index contributed by atoms with van der Waals surface area (Å²) in [5.41, 5.74) is -2.44. The van der Waals surface area contributed by atoms with Crippen molar-refractivity contribution in [2.45, 2.75) is 54.2 Å². The fraction of sp³-hybridized carbons (Fsp3) is 0.333. The minimum atomic E-state index is -4.47. The van der Waals surface area contributed by atoms with E-state index in [4.69, 9.17) is 16.4 Å². The summed E-state index contributed by atoms with van der Waals surface area (Å²) in [6.07, 6.45) is -2.28. The minimum absolute atomic E-state index is 0.0278. The van der Waals surface area contributed by atoms with Crippen LogP contribution in [0.25, 0.3) is 0 Å². The van der Waals surface area contributed by atoms with Gasteiger partial charge in [-0.3, -0.25) is 4.79 Å². The van der Waals surface area contributed by atoms with E-state index in [1.54, 1.807) is 0 Å². The van der Waals surface area contributed by atoms with Crippen LogP contribution in [0.4, 0.5) is 32.0 Å². The first-order chi connectivity index (χ1) is 21.1. The minimum Gasteiger partial charge on any atom is -0.391 e. The number of aliphatic hydroxyl groups is 1. The van der Waals surface area contributed by atoms with Crippen LogP contribution in [0, 0.1) is 29.3 Å². The number of rotatable bonds is 8. The molecule has 2 bridgehead atoms. The lowest BCUT2D eigenvalue weighted by atomic mass is 9.78. The predicted molar refractivity (Wildman–Crippen MR) is 152 cm³/mol. The van der Waals surface area contributed by atoms with E-state index < -0.39 is 67.6 Å². The summed E-state index contributed by atoms with van der Waals surface area (Å²) in [4.78, 5) is 17.6. The molecule has 45 heavy (non-hydrogen) atoms. The molecule has 240 valence electrons. The van der Waals surface area contributed by atoms with Crippen molar-refractivity contribution in [3.05, 3.63) is 93.8 Å². The molecule has 2 aliphatic carbocycles. The Morgan fingerprint density at radius 3 is 2.20 bits per heavy atom. The van der Waals surface area contributed by atoms with Crippen LogP contribution in [0.1, 0.15) is 47.2 Å². The lowest BCUT2D eigenvalue weighted by molar-refractivity contribution is -0.137. The van der Waals surface area contributed by atoms with Crippen molar-refractivity contribution in [1.29, 1.82) is 0 Å². The number of carbonyl (C=O) groups is 1. The number of amides is 1. The molecule has 0 aromatic heterocycles. The quantitative estimate of drug-likeness (QED) is 0.117. The van der Waals surface area contributed by atoms with E-state index in [1.807, 2.05) is 0 Å². The third-order valence-corrected chi connectivity index (χ3v) is 10.9. The van der Waals surface area contributed by atoms with Gasteiger partial charge in [0.25, 0.3) is 5.91 Å². The first-order valence-electron chi connectivity index (χ1n) is 13.6. The van der Waals surface area contributed by atoms with Gasteiger partial charge >= 0.3 is 6.18 Å². The van der Waals surface area contributed by atoms with Gasteiger partial charge in [0.15, 0.2) is 27.3 Å². The first-order valence-corrected chi connectivity index (χ1v) is 15.5. The second kappa shape index (κ2) is 12.3. The summed E-state index contributed by atoms with van der Waals surface area (Å²) in [6, 6.07) is 8.96. The molecule has 3 aromatic rings. The molecular formula is C30H25ClF6N2O5S. The fourth-order valence-corrected chi connectivity index (χ4v) is 8.90. The van der Waals surface area contributed by atoms with Gasteiger partial charge in [0.2, 0.25) is 0 Å². The molecule has 1 amide bonds. The van der Waals surface area contributed by atoms with Gasteiger partial charge in [-0.05, 0) is 73.4 Å². The maximum absolute atomic E-state index is 13.9. The van der Waals surface area contributed by atoms with Crippen LogP contribution in [-0.4, -0.2) is 36.5 Å². The fourth-order valence-electron chi connectivity index (χ4n) is 6.06. The van der Waals surface area contributed by atoms with Crippen LogP contribution in [-0.2, 0) is 27.5 Å². The number of hydrogen-bond acceptors (Lipinski definition) is 6. The Bertz CT molecular complexity index is 1710. The number of halogens is 7. The summed E-state index contributed by atoms with van der Waals surface area (Å²) in [5.74, 6) is -6.67. The van der Waals surface area contributed by atoms with Crippen molar-refractivity contribution < 1.29 is 49.5 Å². The van der Waals surface area contributed by atoms with Crippen molar-refractivity contribution in [2.24, 2.45) is 17.0 Å². The van der Waals surface area contributed by atoms with Gasteiger partial charge in [-0.2, -0.15) is 13.2 Å². The van der Waals surface area contributed by atoms with E-state index in [1.165, 1.54) is 30.5 Å². The molecular weight excluding hydrogens is 650 g/mol. The van der Waals surface area contributed by atoms with Gasteiger partial charge in [-0.1, -0.05) is 28.9 Å². The maximum Gasteiger partial charge on any atom is 0.416 e. The van der Waals surface area contributed by atoms with Crippen molar-refractivity contribution in [1.82, 2.24) is 0 Å². The molecule has 0 aliphatic heterocycles. The summed E-state index contributed by atoms with van der Waals surface area (Å²) in [5, 5.41) is 16.1. The number of alkyl halides is 3. The zero-order valence-electron chi connectivity index (χ0n) is 23.1. The monoisotopic (exact) mass is 674 g/mol. The van der Waals surface area contributed by atoms with Crippen molar-refractivity contribution in [3.8, 4) is 0 Å². The Labute approximate surface area is 258 Å². The van der Waals surface area contributed by atoms with Crippen LogP contribution in [0.2, 0.25) is 5.02 Å². The Morgan fingerprint density at radius 2 is 1.62 bits per heavy atom. The predicted octanol–water partition coefficient (Wildman–Crippen LogP) is 6.92. The molecule has 15 heteroatoms. The topological polar surface area (TPSA) is 105 Å². The molecule has 7 nitrogen and oxygen atoms in total. The number of benzene rings is 3. The van der Waals surface area contributed by atoms with E-state index in [9.17, 15) is 44.7 Å². The van der Waals surface area contributed by atoms with Gasteiger partial charge in [0.05, 0.1) is 26.9 Å². The summed E-state index contributed by atoms with van der Waals surface area (Å²) < 4.78 is 106. The highest BCUT2D eigenvalue weighted by molar-refractivity contribution is 7.92. The normalized spacial score (nSPS) is 23.3. The van der Waals surface area contributed by atoms with Crippen LogP contribution >= 0.6 is 11.6 Å². The Balaban J connectivity index is 1.27. The van der Waals surface area contributed by atoms with Gasteiger partial charge in [0, 0.05) is 23.4 Å². The molecule has 2 aliphatic rings. The smallest absolute Gasteiger partial charge is 0.391 e. The average molecular weight is 675 g/mol. The number of anilines is 1. The van der Waals surface area contributed by atoms with E-state index in [0.717, 1.165) is 18.2 Å². The molecule has 0 radical (unpaired) electrons. The summed E-state index contributed by atoms with van der Waals surface area (Å²) >= 11 is 6.27. The average Bonchev–Trinajstić information content (AvgIpc) is 3.27. The van der Waals surface area contributed by atoms with E-state index in [2.05, 4.69) is 10.5 Å². The van der Waals surface area contributed by atoms with Crippen LogP contribution in [0.3, 0.4) is 0 Å². The Kier molecular flexibility index (Phi) is 8.95. The lowest BCUT2D eigenvalue weighted by Gasteiger charge is -2.38. The van der Waals surface area contributed by atoms with Crippen molar-refractivity contribution >= 4 is 39.2 Å². The first kappa shape index (κ1) is 32.8. The van der Waals surface area contributed by atoms with E-state index >= 15 is 0 Å². The molecule has 4 atom stereocenters. The van der Waals surface area contributed by atoms with Gasteiger partial charge in [-0.15, -0.1) is 0 Å². The molecule has 3 aromatic carbocycles. The second-order valence-electron chi connectivity index (χ2n) is 11.2. The number of carbonyl (C=O) groups excluding carboxylic acids is 1. The molecule has 2 saturated carbocycles. The molecule has 0 saturated heterocycles. The van der Waals surface area contributed by atoms with Crippen LogP contribution in [0.15, 0.2) is 64.6 Å². The molecule has 3 unspecified atom stereocenters. The Morgan fingerprint density at radius 1 is 1.02 bits per heavy atom. The number of oxime groups is 1. The molecule has 2 N–H and O–H groups in total. The van der Waals surface area contributed by atoms with E-state index in [0.29, 0.717) is 30.5 Å². The van der Waals surface area contributed by atoms with Gasteiger partial charge in [0.1, 0.15) is 12.2 Å². The molecule has 2 fully saturated rings. The summed E-state index contributed by atoms with van der Waals surface area (Å²) in [7, 11) is -4.15. The Hall–Kier alpha value is -3.62. The number of nitrogens with zero attached hydrogens (tertiary/aromatic N) is 1. The second-order valence-corrected chi connectivity index (χ2v) is 13.7. The largest absolute Gasteiger partial charge is 0.416 e. The molecule has 0 heterocycles. The highest BCUT2D eigenvalue weighted by Gasteiger charge is 2.54. The van der Waals surface area contributed by atoms with Crippen LogP contribution in [0.5, 0.6) is 0 Å². The lowest BCUT2D eigenvalue weighted by Crippen LogP contribution is -2.47. The zero-order valence-corrected chi connectivity index (χ0v) is 24.7. The van der Waals surface area contributed by atoms with Crippen LogP contribution < -0.4 is 5.32 Å². The standard InChI is InChI=1S/C30H25ClF6N2O5S/c31-22-8-5-17(28(40)39-21-10-23(32)26(34)24(33)11-21)9-25(22)45(42,43)27-18-3-4-19(27)13-29(41,12-18)15-38-44-14-16-1-6-20(7-2-16)30(35,36)37/h1-2,5-11,15,18-19,27,41H,3-4,12-14H2,(H,39,40)/b38-15+/t18-,19?,27?,29?/m0/s1. The molecule has 5 rings (SSSR count). The van der Waals surface area contributed by atoms with Crippen molar-refractivity contribution in [3.63, 3.8) is 0 Å². The summed E-state index contributed by atoms with van der Waals surface area (Å²) in [6.45, 7) is -0.151. The third-order valence-electron chi connectivity index (χ3n) is 8.05. The third kappa shape index (κ3) is 6.97. The van der Waals surface area contributed by atoms with Gasteiger partial charge < -0.3 is 15.3 Å². The number of fused-ring (bicyclic) bond motifs is 2. The van der Waals surface area contributed by atoms with Gasteiger partial charge in [-0.25, -0.2) is 21.6 Å². The zero-order chi connectivity index (χ0) is 32.7. The number of sulfone groups is 1. The number of nitrogens with one attached hydrogen (secondary N) is 1.